The van der Waals surface area contributed by atoms with Gasteiger partial charge in [-0.3, -0.25) is 10.2 Å². The fraction of sp³-hybridized carbons (Fsp3) is 0.0769. The zero-order chi connectivity index (χ0) is 24.4. The summed E-state index contributed by atoms with van der Waals surface area (Å²) in [7, 11) is 2.73. The number of rotatable bonds is 4. The van der Waals surface area contributed by atoms with Crippen molar-refractivity contribution in [2.24, 2.45) is 0 Å². The molecule has 174 valence electrons. The van der Waals surface area contributed by atoms with Crippen LogP contribution in [0.5, 0.6) is 5.75 Å². The molecule has 2 aromatic heterocycles. The summed E-state index contributed by atoms with van der Waals surface area (Å²) in [6.07, 6.45) is -0.780. The molecule has 0 bridgehead atoms. The van der Waals surface area contributed by atoms with Gasteiger partial charge in [-0.15, -0.1) is 0 Å². The number of nitrogens with one attached hydrogen (secondary N) is 1. The van der Waals surface area contributed by atoms with E-state index < -0.39 is 12.0 Å². The first kappa shape index (κ1) is 22.3. The molecule has 0 aliphatic rings. The van der Waals surface area contributed by atoms with Crippen LogP contribution in [-0.2, 0) is 4.74 Å². The van der Waals surface area contributed by atoms with E-state index in [1.54, 1.807) is 6.07 Å². The maximum atomic E-state index is 13.7. The molecule has 2 amide bonds. The smallest absolute Gasteiger partial charge is 0.435 e. The van der Waals surface area contributed by atoms with Gasteiger partial charge in [0.05, 0.1) is 35.5 Å². The van der Waals surface area contributed by atoms with E-state index in [2.05, 4.69) is 10.4 Å². The van der Waals surface area contributed by atoms with Crippen LogP contribution in [-0.4, -0.2) is 36.2 Å². The highest BCUT2D eigenvalue weighted by atomic mass is 32.1. The maximum Gasteiger partial charge on any atom is 0.435 e. The maximum absolute atomic E-state index is 13.7. The quantitative estimate of drug-likeness (QED) is 0.342. The molecule has 0 spiro atoms. The molecule has 0 aliphatic heterocycles. The van der Waals surface area contributed by atoms with Gasteiger partial charge in [0.1, 0.15) is 5.69 Å². The molecule has 5 rings (SSSR count). The second kappa shape index (κ2) is 9.40. The summed E-state index contributed by atoms with van der Waals surface area (Å²) in [5.41, 5.74) is 5.53. The van der Waals surface area contributed by atoms with E-state index in [0.29, 0.717) is 27.9 Å². The number of fused-ring (bicyclic) bond motifs is 2. The number of benzene rings is 3. The lowest BCUT2D eigenvalue weighted by Crippen LogP contribution is -2.46. The Hall–Kier alpha value is -4.50. The van der Waals surface area contributed by atoms with Crippen LogP contribution in [0.2, 0.25) is 0 Å². The summed E-state index contributed by atoms with van der Waals surface area (Å²) in [5, 5.41) is 1.85. The number of para-hydroxylation sites is 2. The van der Waals surface area contributed by atoms with Crippen molar-refractivity contribution in [2.75, 3.05) is 19.2 Å². The highest BCUT2D eigenvalue weighted by Gasteiger charge is 2.28. The second-order valence-corrected chi connectivity index (χ2v) is 8.47. The average molecular weight is 485 g/mol. The predicted molar refractivity (Wildman–Crippen MR) is 136 cm³/mol. The van der Waals surface area contributed by atoms with Crippen LogP contribution >= 0.6 is 11.3 Å². The third-order valence-corrected chi connectivity index (χ3v) is 6.39. The third-order valence-electron chi connectivity index (χ3n) is 5.37. The van der Waals surface area contributed by atoms with Gasteiger partial charge in [0.25, 0.3) is 5.91 Å². The molecule has 5 aromatic rings. The molecule has 35 heavy (non-hydrogen) atoms. The van der Waals surface area contributed by atoms with Gasteiger partial charge in [-0.1, -0.05) is 72.0 Å². The first-order valence-corrected chi connectivity index (χ1v) is 11.5. The second-order valence-electron chi connectivity index (χ2n) is 7.46. The summed E-state index contributed by atoms with van der Waals surface area (Å²) in [6, 6.07) is 24.2. The molecular formula is C26H20N4O4S. The lowest BCUT2D eigenvalue weighted by molar-refractivity contribution is 0.0939. The van der Waals surface area contributed by atoms with Crippen molar-refractivity contribution >= 4 is 49.6 Å². The van der Waals surface area contributed by atoms with E-state index in [0.717, 1.165) is 15.3 Å². The normalized spacial score (nSPS) is 10.8. The van der Waals surface area contributed by atoms with Crippen LogP contribution in [0.3, 0.4) is 0 Å². The first-order valence-electron chi connectivity index (χ1n) is 10.7. The molecule has 2 heterocycles. The van der Waals surface area contributed by atoms with Crippen molar-refractivity contribution in [3.05, 3.63) is 84.4 Å². The van der Waals surface area contributed by atoms with Gasteiger partial charge in [0.2, 0.25) is 5.13 Å². The van der Waals surface area contributed by atoms with Crippen molar-refractivity contribution < 1.29 is 19.1 Å². The molecule has 0 radical (unpaired) electrons. The number of hydrazine groups is 1. The molecule has 3 aromatic carbocycles. The minimum Gasteiger partial charge on any atom is -0.494 e. The van der Waals surface area contributed by atoms with E-state index in [1.165, 1.54) is 25.6 Å². The fourth-order valence-electron chi connectivity index (χ4n) is 3.79. The van der Waals surface area contributed by atoms with Gasteiger partial charge in [-0.05, 0) is 18.2 Å². The Kier molecular flexibility index (Phi) is 5.99. The number of anilines is 1. The number of ether oxygens (including phenoxy) is 2. The van der Waals surface area contributed by atoms with Gasteiger partial charge in [0.15, 0.2) is 5.75 Å². The van der Waals surface area contributed by atoms with E-state index in [9.17, 15) is 9.59 Å². The summed E-state index contributed by atoms with van der Waals surface area (Å²) >= 11 is 1.26. The molecule has 0 fully saturated rings. The SMILES string of the molecule is COC(=O)N(NC(=O)c1c(OC)c(-c2ccccc2)nc2ccccc12)c1nc2ccccc2s1. The van der Waals surface area contributed by atoms with Crippen LogP contribution in [0.4, 0.5) is 9.93 Å². The summed E-state index contributed by atoms with van der Waals surface area (Å²) < 4.78 is 11.5. The number of amides is 2. The highest BCUT2D eigenvalue weighted by Crippen LogP contribution is 2.36. The Morgan fingerprint density at radius 3 is 2.26 bits per heavy atom. The lowest BCUT2D eigenvalue weighted by Gasteiger charge is -2.21. The van der Waals surface area contributed by atoms with Gasteiger partial charge >= 0.3 is 6.09 Å². The Morgan fingerprint density at radius 1 is 0.857 bits per heavy atom. The lowest BCUT2D eigenvalue weighted by atomic mass is 10.0. The van der Waals surface area contributed by atoms with E-state index in [-0.39, 0.29) is 10.7 Å². The van der Waals surface area contributed by atoms with Crippen LogP contribution in [0.1, 0.15) is 10.4 Å². The molecule has 0 saturated carbocycles. The van der Waals surface area contributed by atoms with Crippen molar-refractivity contribution in [3.63, 3.8) is 0 Å². The molecular weight excluding hydrogens is 464 g/mol. The standard InChI is InChI=1S/C26H20N4O4S/c1-33-23-21(17-12-6-7-13-18(17)27-22(23)16-10-4-3-5-11-16)24(31)29-30(26(32)34-2)25-28-19-14-8-9-15-20(19)35-25/h3-15H,1-2H3,(H,29,31). The number of nitrogens with zero attached hydrogens (tertiary/aromatic N) is 3. The topological polar surface area (TPSA) is 93.7 Å². The molecule has 0 aliphatic carbocycles. The Bertz CT molecular complexity index is 1520. The number of thiazole rings is 1. The minimum absolute atomic E-state index is 0.243. The van der Waals surface area contributed by atoms with Gasteiger partial charge < -0.3 is 9.47 Å². The number of hydrogen-bond acceptors (Lipinski definition) is 7. The molecule has 0 atom stereocenters. The average Bonchev–Trinajstić information content (AvgIpc) is 3.34. The van der Waals surface area contributed by atoms with Crippen LogP contribution in [0.25, 0.3) is 32.4 Å². The molecule has 8 nitrogen and oxygen atoms in total. The van der Waals surface area contributed by atoms with Crippen molar-refractivity contribution in [2.45, 2.75) is 0 Å². The van der Waals surface area contributed by atoms with Gasteiger partial charge in [0, 0.05) is 10.9 Å². The molecule has 0 unspecified atom stereocenters. The fourth-order valence-corrected chi connectivity index (χ4v) is 4.70. The van der Waals surface area contributed by atoms with Gasteiger partial charge in [-0.25, -0.2) is 14.8 Å². The van der Waals surface area contributed by atoms with Crippen LogP contribution in [0.15, 0.2) is 78.9 Å². The van der Waals surface area contributed by atoms with E-state index >= 15 is 0 Å². The van der Waals surface area contributed by atoms with E-state index in [4.69, 9.17) is 14.5 Å². The highest BCUT2D eigenvalue weighted by molar-refractivity contribution is 7.22. The largest absolute Gasteiger partial charge is 0.494 e. The zero-order valence-electron chi connectivity index (χ0n) is 18.9. The van der Waals surface area contributed by atoms with Crippen molar-refractivity contribution in [1.29, 1.82) is 0 Å². The number of carbonyl (C=O) groups is 2. The number of methoxy groups -OCH3 is 2. The summed E-state index contributed by atoms with van der Waals surface area (Å²) in [4.78, 5) is 35.7. The van der Waals surface area contributed by atoms with Crippen LogP contribution < -0.4 is 15.2 Å². The van der Waals surface area contributed by atoms with Gasteiger partial charge in [-0.2, -0.15) is 5.01 Å². The summed E-state index contributed by atoms with van der Waals surface area (Å²) in [5.74, 6) is -0.274. The molecule has 0 saturated heterocycles. The Labute approximate surface area is 204 Å². The van der Waals surface area contributed by atoms with Crippen LogP contribution in [0, 0.1) is 0 Å². The zero-order valence-corrected chi connectivity index (χ0v) is 19.7. The summed E-state index contributed by atoms with van der Waals surface area (Å²) in [6.45, 7) is 0. The Balaban J connectivity index is 1.64. The number of hydrogen-bond donors (Lipinski definition) is 1. The third kappa shape index (κ3) is 4.13. The Morgan fingerprint density at radius 2 is 1.54 bits per heavy atom. The minimum atomic E-state index is -0.780. The molecule has 9 heteroatoms. The van der Waals surface area contributed by atoms with E-state index in [1.807, 2.05) is 72.8 Å². The monoisotopic (exact) mass is 484 g/mol. The number of carbonyl (C=O) groups excluding carboxylic acids is 2. The first-order chi connectivity index (χ1) is 17.1. The number of pyridine rings is 1. The van der Waals surface area contributed by atoms with Crippen molar-refractivity contribution in [3.8, 4) is 17.0 Å². The number of aromatic nitrogens is 2. The predicted octanol–water partition coefficient (Wildman–Crippen LogP) is 5.44. The molecule has 1 N–H and O–H groups in total. The van der Waals surface area contributed by atoms with Crippen molar-refractivity contribution in [1.82, 2.24) is 15.4 Å².